The fourth-order valence-electron chi connectivity index (χ4n) is 3.00. The second-order valence-electron chi connectivity index (χ2n) is 6.01. The Hall–Kier alpha value is -1.20. The highest BCUT2D eigenvalue weighted by Crippen LogP contribution is 2.30. The molecule has 1 saturated heterocycles. The van der Waals surface area contributed by atoms with E-state index in [1.165, 1.54) is 0 Å². The third-order valence-electron chi connectivity index (χ3n) is 4.48. The SMILES string of the molecule is CCN(CC)CCOc1nc(N)c2nc(I)n(C3CCCCO3)c2n1. The van der Waals surface area contributed by atoms with E-state index in [0.717, 1.165) is 49.3 Å². The Morgan fingerprint density at radius 2 is 2.08 bits per heavy atom. The van der Waals surface area contributed by atoms with Crippen LogP contribution in [0.3, 0.4) is 0 Å². The van der Waals surface area contributed by atoms with E-state index in [1.807, 2.05) is 4.57 Å². The van der Waals surface area contributed by atoms with Crippen LogP contribution in [-0.2, 0) is 4.74 Å². The number of fused-ring (bicyclic) bond motifs is 1. The van der Waals surface area contributed by atoms with Gasteiger partial charge < -0.3 is 20.1 Å². The number of nitrogens with zero attached hydrogens (tertiary/aromatic N) is 5. The lowest BCUT2D eigenvalue weighted by atomic mass is 10.2. The number of nitrogen functional groups attached to an aromatic ring is 1. The van der Waals surface area contributed by atoms with Crippen molar-refractivity contribution in [1.29, 1.82) is 0 Å². The molecule has 2 N–H and O–H groups in total. The summed E-state index contributed by atoms with van der Waals surface area (Å²) in [4.78, 5) is 15.6. The fraction of sp³-hybridized carbons (Fsp3) is 0.688. The average molecular weight is 460 g/mol. The first-order valence-electron chi connectivity index (χ1n) is 8.81. The first kappa shape index (κ1) is 18.6. The highest BCUT2D eigenvalue weighted by atomic mass is 127. The topological polar surface area (TPSA) is 91.3 Å². The summed E-state index contributed by atoms with van der Waals surface area (Å²) in [5.74, 6) is 0.343. The lowest BCUT2D eigenvalue weighted by Gasteiger charge is -2.24. The van der Waals surface area contributed by atoms with E-state index in [0.29, 0.717) is 29.6 Å². The Balaban J connectivity index is 1.83. The molecule has 138 valence electrons. The third-order valence-corrected chi connectivity index (χ3v) is 5.24. The van der Waals surface area contributed by atoms with Crippen molar-refractivity contribution >= 4 is 39.6 Å². The minimum absolute atomic E-state index is 0.0523. The van der Waals surface area contributed by atoms with Crippen LogP contribution in [0.5, 0.6) is 6.01 Å². The van der Waals surface area contributed by atoms with Crippen LogP contribution in [0.15, 0.2) is 0 Å². The van der Waals surface area contributed by atoms with Gasteiger partial charge in [0.05, 0.1) is 0 Å². The Morgan fingerprint density at radius 3 is 2.76 bits per heavy atom. The molecule has 1 unspecified atom stereocenters. The number of hydrogen-bond donors (Lipinski definition) is 1. The number of halogens is 1. The van der Waals surface area contributed by atoms with Crippen LogP contribution in [-0.4, -0.2) is 57.3 Å². The summed E-state index contributed by atoms with van der Waals surface area (Å²) >= 11 is 2.19. The number of hydrogen-bond acceptors (Lipinski definition) is 7. The molecule has 8 nitrogen and oxygen atoms in total. The lowest BCUT2D eigenvalue weighted by molar-refractivity contribution is -0.0313. The van der Waals surface area contributed by atoms with E-state index in [1.54, 1.807) is 0 Å². The number of aromatic nitrogens is 4. The monoisotopic (exact) mass is 460 g/mol. The molecule has 1 aliphatic heterocycles. The fourth-order valence-corrected chi connectivity index (χ4v) is 3.78. The number of nitrogens with two attached hydrogens (primary N) is 1. The molecule has 1 fully saturated rings. The van der Waals surface area contributed by atoms with Gasteiger partial charge in [-0.1, -0.05) is 13.8 Å². The standard InChI is InChI=1S/C16H25IN6O2/c1-3-22(4-2)8-10-25-16-20-13(18)12-14(21-16)23(15(17)19-12)11-7-5-6-9-24-11/h11H,3-10H2,1-2H3,(H2,18,20,21). The van der Waals surface area contributed by atoms with Crippen LogP contribution >= 0.6 is 22.6 Å². The molecule has 0 amide bonds. The number of rotatable bonds is 7. The van der Waals surface area contributed by atoms with Gasteiger partial charge in [0.25, 0.3) is 0 Å². The smallest absolute Gasteiger partial charge is 0.320 e. The van der Waals surface area contributed by atoms with Crippen LogP contribution in [0.4, 0.5) is 5.82 Å². The highest BCUT2D eigenvalue weighted by Gasteiger charge is 2.24. The summed E-state index contributed by atoms with van der Waals surface area (Å²) in [7, 11) is 0. The summed E-state index contributed by atoms with van der Waals surface area (Å²) in [6.07, 6.45) is 3.12. The molecule has 0 bridgehead atoms. The van der Waals surface area contributed by atoms with Gasteiger partial charge in [-0.25, -0.2) is 4.98 Å². The van der Waals surface area contributed by atoms with Gasteiger partial charge in [0.2, 0.25) is 0 Å². The van der Waals surface area contributed by atoms with Gasteiger partial charge >= 0.3 is 6.01 Å². The molecular formula is C16H25IN6O2. The van der Waals surface area contributed by atoms with E-state index < -0.39 is 0 Å². The Labute approximate surface area is 161 Å². The van der Waals surface area contributed by atoms with E-state index in [-0.39, 0.29) is 6.23 Å². The normalized spacial score (nSPS) is 18.2. The maximum absolute atomic E-state index is 6.09. The largest absolute Gasteiger partial charge is 0.462 e. The second kappa shape index (κ2) is 8.45. The predicted octanol–water partition coefficient (Wildman–Crippen LogP) is 2.43. The summed E-state index contributed by atoms with van der Waals surface area (Å²) in [6, 6.07) is 0.297. The van der Waals surface area contributed by atoms with Crippen molar-refractivity contribution in [2.75, 3.05) is 38.6 Å². The zero-order chi connectivity index (χ0) is 17.8. The molecule has 3 rings (SSSR count). The second-order valence-corrected chi connectivity index (χ2v) is 6.98. The van der Waals surface area contributed by atoms with Gasteiger partial charge in [-0.3, -0.25) is 4.57 Å². The van der Waals surface area contributed by atoms with E-state index in [2.05, 4.69) is 56.3 Å². The molecule has 1 atom stereocenters. The van der Waals surface area contributed by atoms with Gasteiger partial charge in [-0.2, -0.15) is 9.97 Å². The Kier molecular flexibility index (Phi) is 6.29. The first-order valence-corrected chi connectivity index (χ1v) is 9.89. The van der Waals surface area contributed by atoms with E-state index in [4.69, 9.17) is 15.2 Å². The van der Waals surface area contributed by atoms with Crippen molar-refractivity contribution in [3.05, 3.63) is 3.83 Å². The summed E-state index contributed by atoms with van der Waals surface area (Å²) < 4.78 is 14.5. The third kappa shape index (κ3) is 4.14. The first-order chi connectivity index (χ1) is 12.1. The zero-order valence-electron chi connectivity index (χ0n) is 14.7. The highest BCUT2D eigenvalue weighted by molar-refractivity contribution is 14.1. The van der Waals surface area contributed by atoms with E-state index >= 15 is 0 Å². The van der Waals surface area contributed by atoms with Gasteiger partial charge in [0.15, 0.2) is 20.8 Å². The summed E-state index contributed by atoms with van der Waals surface area (Å²) in [6.45, 7) is 8.37. The maximum atomic E-state index is 6.09. The van der Waals surface area contributed by atoms with Crippen molar-refractivity contribution in [3.63, 3.8) is 0 Å². The van der Waals surface area contributed by atoms with Crippen molar-refractivity contribution in [2.24, 2.45) is 0 Å². The number of anilines is 1. The van der Waals surface area contributed by atoms with Crippen LogP contribution < -0.4 is 10.5 Å². The predicted molar refractivity (Wildman–Crippen MR) is 105 cm³/mol. The molecule has 9 heteroatoms. The number of imidazole rings is 1. The quantitative estimate of drug-likeness (QED) is 0.501. The van der Waals surface area contributed by atoms with Crippen LogP contribution in [0.2, 0.25) is 0 Å². The molecular weight excluding hydrogens is 435 g/mol. The molecule has 3 heterocycles. The summed E-state index contributed by atoms with van der Waals surface area (Å²) in [5, 5.41) is 0. The lowest BCUT2D eigenvalue weighted by Crippen LogP contribution is -2.28. The van der Waals surface area contributed by atoms with Crippen LogP contribution in [0.25, 0.3) is 11.2 Å². The molecule has 2 aromatic rings. The average Bonchev–Trinajstić information content (AvgIpc) is 2.96. The zero-order valence-corrected chi connectivity index (χ0v) is 16.9. The molecule has 0 aromatic carbocycles. The van der Waals surface area contributed by atoms with Gasteiger partial charge in [0, 0.05) is 35.7 Å². The molecule has 0 radical (unpaired) electrons. The molecule has 0 saturated carbocycles. The molecule has 25 heavy (non-hydrogen) atoms. The van der Waals surface area contributed by atoms with Crippen molar-refractivity contribution < 1.29 is 9.47 Å². The van der Waals surface area contributed by atoms with Gasteiger partial charge in [-0.05, 0) is 32.4 Å². The molecule has 0 aliphatic carbocycles. The number of ether oxygens (including phenoxy) is 2. The van der Waals surface area contributed by atoms with Crippen LogP contribution in [0, 0.1) is 3.83 Å². The number of likely N-dealkylation sites (N-methyl/N-ethyl adjacent to an activating group) is 1. The van der Waals surface area contributed by atoms with E-state index in [9.17, 15) is 0 Å². The Bertz CT molecular complexity index is 712. The van der Waals surface area contributed by atoms with Crippen molar-refractivity contribution in [2.45, 2.75) is 39.3 Å². The van der Waals surface area contributed by atoms with Crippen LogP contribution in [0.1, 0.15) is 39.3 Å². The molecule has 1 aliphatic rings. The van der Waals surface area contributed by atoms with Crippen molar-refractivity contribution in [1.82, 2.24) is 24.4 Å². The minimum Gasteiger partial charge on any atom is -0.462 e. The van der Waals surface area contributed by atoms with Crippen molar-refractivity contribution in [3.8, 4) is 6.01 Å². The Morgan fingerprint density at radius 1 is 1.28 bits per heavy atom. The maximum Gasteiger partial charge on any atom is 0.320 e. The van der Waals surface area contributed by atoms with Gasteiger partial charge in [0.1, 0.15) is 12.8 Å². The molecule has 2 aromatic heterocycles. The minimum atomic E-state index is -0.0523. The van der Waals surface area contributed by atoms with Gasteiger partial charge in [-0.15, -0.1) is 0 Å². The summed E-state index contributed by atoms with van der Waals surface area (Å²) in [5.41, 5.74) is 7.38. The molecule has 0 spiro atoms.